The lowest BCUT2D eigenvalue weighted by Crippen LogP contribution is -2.01. The highest BCUT2D eigenvalue weighted by molar-refractivity contribution is 9.09. The zero-order valence-corrected chi connectivity index (χ0v) is 14.0. The number of hydrogen-bond acceptors (Lipinski definition) is 1. The fraction of sp³-hybridized carbons (Fsp3) is 0.167. The summed E-state index contributed by atoms with van der Waals surface area (Å²) in [5, 5.41) is 0.931. The molecule has 3 nitrogen and oxygen atoms in total. The third kappa shape index (κ3) is 2.45. The average molecular weight is 372 g/mol. The van der Waals surface area contributed by atoms with Crippen LogP contribution < -0.4 is 0 Å². The van der Waals surface area contributed by atoms with E-state index in [2.05, 4.69) is 37.2 Å². The van der Waals surface area contributed by atoms with E-state index >= 15 is 0 Å². The van der Waals surface area contributed by atoms with Gasteiger partial charge in [-0.25, -0.2) is 9.37 Å². The molecule has 0 bridgehead atoms. The molecule has 0 spiro atoms. The van der Waals surface area contributed by atoms with E-state index in [9.17, 15) is 4.39 Å². The van der Waals surface area contributed by atoms with Crippen molar-refractivity contribution in [2.45, 2.75) is 13.0 Å². The van der Waals surface area contributed by atoms with Gasteiger partial charge in [-0.15, -0.1) is 0 Å². The Labute approximate surface area is 141 Å². The molecule has 0 aliphatic rings. The van der Waals surface area contributed by atoms with Crippen molar-refractivity contribution >= 4 is 32.7 Å². The van der Waals surface area contributed by atoms with Crippen LogP contribution in [0.4, 0.5) is 4.39 Å². The SMILES string of the molecule is Fc1ccc(-c2cn3c4ccccc4nc3n2CCCBr)cc1. The van der Waals surface area contributed by atoms with Crippen LogP contribution in [0.25, 0.3) is 28.1 Å². The van der Waals surface area contributed by atoms with Crippen molar-refractivity contribution in [3.8, 4) is 11.3 Å². The van der Waals surface area contributed by atoms with E-state index in [1.807, 2.05) is 30.3 Å². The Morgan fingerprint density at radius 3 is 2.61 bits per heavy atom. The second-order valence-corrected chi connectivity index (χ2v) is 6.28. The second kappa shape index (κ2) is 5.81. The molecule has 0 fully saturated rings. The lowest BCUT2D eigenvalue weighted by atomic mass is 10.1. The summed E-state index contributed by atoms with van der Waals surface area (Å²) >= 11 is 3.49. The van der Waals surface area contributed by atoms with Crippen molar-refractivity contribution in [2.75, 3.05) is 5.33 Å². The molecule has 0 aliphatic heterocycles. The van der Waals surface area contributed by atoms with Crippen molar-refractivity contribution in [1.29, 1.82) is 0 Å². The Kier molecular flexibility index (Phi) is 3.65. The fourth-order valence-corrected chi connectivity index (χ4v) is 3.19. The third-order valence-corrected chi connectivity index (χ3v) is 4.58. The van der Waals surface area contributed by atoms with E-state index in [0.717, 1.165) is 46.4 Å². The molecule has 2 heterocycles. The van der Waals surface area contributed by atoms with Crippen molar-refractivity contribution in [3.05, 3.63) is 60.5 Å². The monoisotopic (exact) mass is 371 g/mol. The summed E-state index contributed by atoms with van der Waals surface area (Å²) in [5.74, 6) is 0.703. The number of nitrogens with zero attached hydrogens (tertiary/aromatic N) is 3. The number of para-hydroxylation sites is 2. The van der Waals surface area contributed by atoms with Gasteiger partial charge in [0.15, 0.2) is 0 Å². The lowest BCUT2D eigenvalue weighted by Gasteiger charge is -2.07. The van der Waals surface area contributed by atoms with Crippen LogP contribution in [0.3, 0.4) is 0 Å². The minimum atomic E-state index is -0.220. The molecule has 23 heavy (non-hydrogen) atoms. The molecule has 0 saturated carbocycles. The van der Waals surface area contributed by atoms with E-state index in [4.69, 9.17) is 4.98 Å². The number of halogens is 2. The molecule has 5 heteroatoms. The molecule has 0 saturated heterocycles. The zero-order chi connectivity index (χ0) is 15.8. The standard InChI is InChI=1S/C18H15BrFN3/c19-10-3-11-22-17(13-6-8-14(20)9-7-13)12-23-16-5-2-1-4-15(16)21-18(22)23/h1-2,4-9,12H,3,10-11H2. The highest BCUT2D eigenvalue weighted by Gasteiger charge is 2.15. The van der Waals surface area contributed by atoms with E-state index in [1.165, 1.54) is 12.1 Å². The number of fused-ring (bicyclic) bond motifs is 3. The first-order valence-corrected chi connectivity index (χ1v) is 8.68. The molecule has 0 N–H and O–H groups in total. The predicted molar refractivity (Wildman–Crippen MR) is 94.5 cm³/mol. The van der Waals surface area contributed by atoms with E-state index in [0.29, 0.717) is 0 Å². The number of imidazole rings is 2. The molecular weight excluding hydrogens is 357 g/mol. The molecule has 0 aliphatic carbocycles. The van der Waals surface area contributed by atoms with Gasteiger partial charge in [0.2, 0.25) is 5.78 Å². The van der Waals surface area contributed by atoms with Crippen molar-refractivity contribution in [2.24, 2.45) is 0 Å². The quantitative estimate of drug-likeness (QED) is 0.468. The van der Waals surface area contributed by atoms with Crippen LogP contribution >= 0.6 is 15.9 Å². The number of rotatable bonds is 4. The first-order chi connectivity index (χ1) is 11.3. The van der Waals surface area contributed by atoms with Gasteiger partial charge in [0, 0.05) is 18.1 Å². The molecule has 0 radical (unpaired) electrons. The molecule has 4 aromatic rings. The van der Waals surface area contributed by atoms with Gasteiger partial charge in [0.1, 0.15) is 5.82 Å². The van der Waals surface area contributed by atoms with Gasteiger partial charge in [-0.2, -0.15) is 0 Å². The fourth-order valence-electron chi connectivity index (χ4n) is 2.94. The Morgan fingerprint density at radius 2 is 1.83 bits per heavy atom. The maximum Gasteiger partial charge on any atom is 0.215 e. The highest BCUT2D eigenvalue weighted by Crippen LogP contribution is 2.27. The minimum absolute atomic E-state index is 0.220. The number of aryl methyl sites for hydroxylation is 1. The molecule has 0 amide bonds. The van der Waals surface area contributed by atoms with Crippen molar-refractivity contribution in [1.82, 2.24) is 14.0 Å². The maximum atomic E-state index is 13.2. The van der Waals surface area contributed by atoms with Gasteiger partial charge in [0.05, 0.1) is 16.7 Å². The van der Waals surface area contributed by atoms with Gasteiger partial charge in [-0.1, -0.05) is 28.1 Å². The summed E-state index contributed by atoms with van der Waals surface area (Å²) in [5.41, 5.74) is 4.12. The Morgan fingerprint density at radius 1 is 1.04 bits per heavy atom. The maximum absolute atomic E-state index is 13.2. The molecule has 2 aromatic heterocycles. The zero-order valence-electron chi connectivity index (χ0n) is 12.4. The third-order valence-electron chi connectivity index (χ3n) is 4.02. The first kappa shape index (κ1) is 14.5. The highest BCUT2D eigenvalue weighted by atomic mass is 79.9. The van der Waals surface area contributed by atoms with Crippen molar-refractivity contribution < 1.29 is 4.39 Å². The Balaban J connectivity index is 1.96. The van der Waals surface area contributed by atoms with E-state index in [1.54, 1.807) is 0 Å². The number of aromatic nitrogens is 3. The summed E-state index contributed by atoms with van der Waals surface area (Å²) in [6.45, 7) is 0.859. The van der Waals surface area contributed by atoms with Gasteiger partial charge in [-0.3, -0.25) is 4.40 Å². The largest absolute Gasteiger partial charge is 0.310 e. The summed E-state index contributed by atoms with van der Waals surface area (Å²) in [7, 11) is 0. The molecular formula is C18H15BrFN3. The van der Waals surface area contributed by atoms with Crippen LogP contribution in [-0.4, -0.2) is 19.3 Å². The molecule has 0 unspecified atom stereocenters. The number of alkyl halides is 1. The van der Waals surface area contributed by atoms with Crippen LogP contribution in [0.2, 0.25) is 0 Å². The van der Waals surface area contributed by atoms with Gasteiger partial charge >= 0.3 is 0 Å². The molecule has 116 valence electrons. The van der Waals surface area contributed by atoms with Crippen LogP contribution in [-0.2, 0) is 6.54 Å². The number of benzene rings is 2. The van der Waals surface area contributed by atoms with Gasteiger partial charge < -0.3 is 4.57 Å². The van der Waals surface area contributed by atoms with E-state index in [-0.39, 0.29) is 5.82 Å². The summed E-state index contributed by atoms with van der Waals surface area (Å²) in [6.07, 6.45) is 3.09. The number of hydrogen-bond donors (Lipinski definition) is 0. The van der Waals surface area contributed by atoms with Crippen LogP contribution in [0.15, 0.2) is 54.7 Å². The normalized spacial score (nSPS) is 11.6. The Hall–Kier alpha value is -2.14. The Bertz CT molecular complexity index is 969. The minimum Gasteiger partial charge on any atom is -0.310 e. The molecule has 0 atom stereocenters. The van der Waals surface area contributed by atoms with Crippen LogP contribution in [0, 0.1) is 5.82 Å². The smallest absolute Gasteiger partial charge is 0.215 e. The first-order valence-electron chi connectivity index (χ1n) is 7.56. The lowest BCUT2D eigenvalue weighted by molar-refractivity contribution is 0.628. The summed E-state index contributed by atoms with van der Waals surface area (Å²) < 4.78 is 17.5. The van der Waals surface area contributed by atoms with E-state index < -0.39 is 0 Å². The molecule has 4 rings (SSSR count). The predicted octanol–water partition coefficient (Wildman–Crippen LogP) is 4.88. The van der Waals surface area contributed by atoms with Crippen LogP contribution in [0.5, 0.6) is 0 Å². The molecule has 2 aromatic carbocycles. The second-order valence-electron chi connectivity index (χ2n) is 5.49. The van der Waals surface area contributed by atoms with Gasteiger partial charge in [-0.05, 0) is 48.4 Å². The van der Waals surface area contributed by atoms with Crippen LogP contribution in [0.1, 0.15) is 6.42 Å². The van der Waals surface area contributed by atoms with Gasteiger partial charge in [0.25, 0.3) is 0 Å². The summed E-state index contributed by atoms with van der Waals surface area (Å²) in [6, 6.07) is 14.7. The topological polar surface area (TPSA) is 22.2 Å². The summed E-state index contributed by atoms with van der Waals surface area (Å²) in [4.78, 5) is 4.77. The van der Waals surface area contributed by atoms with Crippen molar-refractivity contribution in [3.63, 3.8) is 0 Å². The average Bonchev–Trinajstić information content (AvgIpc) is 3.10.